The van der Waals surface area contributed by atoms with Gasteiger partial charge in [-0.1, -0.05) is 45.4 Å². The Labute approximate surface area is 80.4 Å². The summed E-state index contributed by atoms with van der Waals surface area (Å²) in [7, 11) is 4.56. The normalized spacial score (nSPS) is 12.0. The van der Waals surface area contributed by atoms with Gasteiger partial charge in [0.15, 0.2) is 0 Å². The van der Waals surface area contributed by atoms with Crippen molar-refractivity contribution < 1.29 is 0 Å². The summed E-state index contributed by atoms with van der Waals surface area (Å²) in [6, 6.07) is 1.51. The Kier molecular flexibility index (Phi) is 9.40. The number of rotatable bonds is 8. The standard InChI is InChI=1S/C10H25NSi/c1-4-5-6-7-8-9-10-12-11(2)3/h4-10,12H2,1-3H3. The zero-order valence-corrected chi connectivity index (χ0v) is 10.5. The second-order valence-electron chi connectivity index (χ2n) is 3.92. The number of hydrogen-bond acceptors (Lipinski definition) is 1. The Morgan fingerprint density at radius 2 is 1.50 bits per heavy atom. The van der Waals surface area contributed by atoms with Gasteiger partial charge in [-0.15, -0.1) is 0 Å². The first-order chi connectivity index (χ1) is 5.77. The van der Waals surface area contributed by atoms with E-state index in [1.807, 2.05) is 0 Å². The summed E-state index contributed by atoms with van der Waals surface area (Å²) in [5.41, 5.74) is 0. The van der Waals surface area contributed by atoms with Crippen LogP contribution in [0.4, 0.5) is 0 Å². The fourth-order valence-electron chi connectivity index (χ4n) is 1.39. The Hall–Kier alpha value is 0.177. The molecule has 0 rings (SSSR count). The van der Waals surface area contributed by atoms with Gasteiger partial charge >= 0.3 is 0 Å². The van der Waals surface area contributed by atoms with Gasteiger partial charge in [-0.05, 0) is 20.1 Å². The van der Waals surface area contributed by atoms with Crippen molar-refractivity contribution in [3.05, 3.63) is 0 Å². The van der Waals surface area contributed by atoms with E-state index in [2.05, 4.69) is 25.6 Å². The van der Waals surface area contributed by atoms with Crippen LogP contribution in [0.1, 0.15) is 45.4 Å². The van der Waals surface area contributed by atoms with E-state index in [9.17, 15) is 0 Å². The Morgan fingerprint density at radius 3 is 2.08 bits per heavy atom. The molecule has 12 heavy (non-hydrogen) atoms. The van der Waals surface area contributed by atoms with Crippen molar-refractivity contribution >= 4 is 9.68 Å². The highest BCUT2D eigenvalue weighted by molar-refractivity contribution is 6.31. The Bertz CT molecular complexity index is 83.9. The summed E-state index contributed by atoms with van der Waals surface area (Å²) < 4.78 is 2.41. The van der Waals surface area contributed by atoms with Crippen molar-refractivity contribution in [3.8, 4) is 0 Å². The van der Waals surface area contributed by atoms with Crippen LogP contribution in [0.25, 0.3) is 0 Å². The monoisotopic (exact) mass is 187 g/mol. The minimum Gasteiger partial charge on any atom is -0.334 e. The van der Waals surface area contributed by atoms with Crippen molar-refractivity contribution in [2.24, 2.45) is 0 Å². The molecule has 0 bridgehead atoms. The number of hydrogen-bond donors (Lipinski definition) is 0. The molecule has 0 aromatic carbocycles. The highest BCUT2D eigenvalue weighted by Crippen LogP contribution is 2.06. The zero-order valence-electron chi connectivity index (χ0n) is 9.10. The molecule has 0 amide bonds. The topological polar surface area (TPSA) is 3.24 Å². The van der Waals surface area contributed by atoms with Crippen molar-refractivity contribution in [2.45, 2.75) is 51.5 Å². The summed E-state index contributed by atoms with van der Waals surface area (Å²) >= 11 is 0. The van der Waals surface area contributed by atoms with Gasteiger partial charge in [0.05, 0.1) is 9.68 Å². The first-order valence-electron chi connectivity index (χ1n) is 5.42. The summed E-state index contributed by atoms with van der Waals surface area (Å²) in [6.07, 6.45) is 8.68. The molecular weight excluding hydrogens is 162 g/mol. The number of unbranched alkanes of at least 4 members (excludes halogenated alkanes) is 5. The summed E-state index contributed by atoms with van der Waals surface area (Å²) in [4.78, 5) is 0. The average molecular weight is 187 g/mol. The van der Waals surface area contributed by atoms with Crippen molar-refractivity contribution in [3.63, 3.8) is 0 Å². The van der Waals surface area contributed by atoms with Gasteiger partial charge in [-0.2, -0.15) is 0 Å². The first-order valence-corrected chi connectivity index (χ1v) is 7.05. The molecule has 0 saturated heterocycles. The Morgan fingerprint density at radius 1 is 0.917 bits per heavy atom. The maximum Gasteiger partial charge on any atom is 0.0943 e. The maximum atomic E-state index is 2.41. The molecule has 0 fully saturated rings. The van der Waals surface area contributed by atoms with Crippen molar-refractivity contribution in [1.29, 1.82) is 0 Å². The van der Waals surface area contributed by atoms with Gasteiger partial charge in [0.2, 0.25) is 0 Å². The molecule has 2 heteroatoms. The lowest BCUT2D eigenvalue weighted by molar-refractivity contribution is 0.611. The zero-order chi connectivity index (χ0) is 9.23. The van der Waals surface area contributed by atoms with Crippen LogP contribution in [0.3, 0.4) is 0 Å². The molecule has 0 atom stereocenters. The molecule has 0 aromatic rings. The van der Waals surface area contributed by atoms with Crippen LogP contribution >= 0.6 is 0 Å². The number of nitrogens with zero attached hydrogens (tertiary/aromatic N) is 1. The molecule has 0 N–H and O–H groups in total. The predicted octanol–water partition coefficient (Wildman–Crippen LogP) is 2.41. The van der Waals surface area contributed by atoms with Crippen LogP contribution in [0.15, 0.2) is 0 Å². The molecule has 0 unspecified atom stereocenters. The molecule has 0 aromatic heterocycles. The smallest absolute Gasteiger partial charge is 0.0943 e. The second kappa shape index (κ2) is 9.27. The Balaban J connectivity index is 2.82. The van der Waals surface area contributed by atoms with Crippen molar-refractivity contribution in [1.82, 2.24) is 4.57 Å². The molecule has 0 radical (unpaired) electrons. The predicted molar refractivity (Wildman–Crippen MR) is 60.4 cm³/mol. The summed E-state index contributed by atoms with van der Waals surface area (Å²) in [5, 5.41) is 0. The highest BCUT2D eigenvalue weighted by atomic mass is 28.2. The van der Waals surface area contributed by atoms with E-state index >= 15 is 0 Å². The lowest BCUT2D eigenvalue weighted by atomic mass is 10.1. The lowest BCUT2D eigenvalue weighted by Crippen LogP contribution is -2.16. The quantitative estimate of drug-likeness (QED) is 0.417. The minimum absolute atomic E-state index is 0.140. The van der Waals surface area contributed by atoms with E-state index in [0.717, 1.165) is 0 Å². The van der Waals surface area contributed by atoms with Gasteiger partial charge in [-0.25, -0.2) is 0 Å². The lowest BCUT2D eigenvalue weighted by Gasteiger charge is -2.07. The van der Waals surface area contributed by atoms with Gasteiger partial charge in [-0.3, -0.25) is 0 Å². The molecular formula is C10H25NSi. The fourth-order valence-corrected chi connectivity index (χ4v) is 2.59. The third-order valence-corrected chi connectivity index (χ3v) is 3.92. The summed E-state index contributed by atoms with van der Waals surface area (Å²) in [5.74, 6) is 0. The third kappa shape index (κ3) is 10.2. The van der Waals surface area contributed by atoms with E-state index < -0.39 is 0 Å². The van der Waals surface area contributed by atoms with Crippen molar-refractivity contribution in [2.75, 3.05) is 14.1 Å². The third-order valence-electron chi connectivity index (χ3n) is 2.21. The van der Waals surface area contributed by atoms with Crippen LogP contribution in [-0.4, -0.2) is 28.3 Å². The van der Waals surface area contributed by atoms with Crippen LogP contribution in [0, 0.1) is 0 Å². The van der Waals surface area contributed by atoms with E-state index in [1.165, 1.54) is 44.6 Å². The minimum atomic E-state index is 0.140. The highest BCUT2D eigenvalue weighted by Gasteiger charge is 1.92. The fraction of sp³-hybridized carbons (Fsp3) is 1.00. The molecule has 74 valence electrons. The van der Waals surface area contributed by atoms with Gasteiger partial charge in [0, 0.05) is 0 Å². The molecule has 0 aliphatic rings. The molecule has 0 saturated carbocycles. The van der Waals surface area contributed by atoms with Crippen LogP contribution in [0.5, 0.6) is 0 Å². The van der Waals surface area contributed by atoms with Gasteiger partial charge in [0.1, 0.15) is 0 Å². The molecule has 0 spiro atoms. The summed E-state index contributed by atoms with van der Waals surface area (Å²) in [6.45, 7) is 2.28. The van der Waals surface area contributed by atoms with E-state index in [4.69, 9.17) is 0 Å². The van der Waals surface area contributed by atoms with E-state index in [-0.39, 0.29) is 9.68 Å². The first kappa shape index (κ1) is 12.2. The van der Waals surface area contributed by atoms with Gasteiger partial charge < -0.3 is 4.57 Å². The SMILES string of the molecule is CCCCCCCC[SiH2]N(C)C. The average Bonchev–Trinajstić information content (AvgIpc) is 2.02. The van der Waals surface area contributed by atoms with Gasteiger partial charge in [0.25, 0.3) is 0 Å². The maximum absolute atomic E-state index is 2.41. The molecule has 0 aliphatic carbocycles. The molecule has 0 aliphatic heterocycles. The molecule has 1 nitrogen and oxygen atoms in total. The second-order valence-corrected chi connectivity index (χ2v) is 6.34. The van der Waals surface area contributed by atoms with Crippen LogP contribution < -0.4 is 0 Å². The molecule has 0 heterocycles. The van der Waals surface area contributed by atoms with Crippen LogP contribution in [-0.2, 0) is 0 Å². The van der Waals surface area contributed by atoms with E-state index in [1.54, 1.807) is 0 Å². The van der Waals surface area contributed by atoms with E-state index in [0.29, 0.717) is 0 Å². The largest absolute Gasteiger partial charge is 0.334 e. The van der Waals surface area contributed by atoms with Crippen LogP contribution in [0.2, 0.25) is 6.04 Å².